The van der Waals surface area contributed by atoms with Crippen LogP contribution < -0.4 is 15.4 Å². The average Bonchev–Trinajstić information content (AvgIpc) is 3.03. The van der Waals surface area contributed by atoms with Crippen molar-refractivity contribution in [2.75, 3.05) is 10.6 Å². The average molecular weight is 396 g/mol. The number of aromatic nitrogens is 2. The molecule has 0 saturated carbocycles. The molecule has 0 saturated heterocycles. The molecule has 2 N–H and O–H groups in total. The quantitative estimate of drug-likeness (QED) is 0.434. The number of anilines is 4. The smallest absolute Gasteiger partial charge is 0.146 e. The first-order chi connectivity index (χ1) is 14.4. The van der Waals surface area contributed by atoms with Crippen LogP contribution >= 0.6 is 0 Å². The predicted molar refractivity (Wildman–Crippen MR) is 122 cm³/mol. The molecule has 0 spiro atoms. The van der Waals surface area contributed by atoms with Gasteiger partial charge in [0.15, 0.2) is 0 Å². The van der Waals surface area contributed by atoms with Gasteiger partial charge in [-0.3, -0.25) is 0 Å². The van der Waals surface area contributed by atoms with E-state index in [-0.39, 0.29) is 5.60 Å². The van der Waals surface area contributed by atoms with Crippen molar-refractivity contribution in [3.63, 3.8) is 0 Å². The molecule has 4 aromatic rings. The van der Waals surface area contributed by atoms with E-state index in [2.05, 4.69) is 53.7 Å². The number of para-hydroxylation sites is 1. The second kappa shape index (κ2) is 7.02. The van der Waals surface area contributed by atoms with Gasteiger partial charge in [0.25, 0.3) is 0 Å². The summed E-state index contributed by atoms with van der Waals surface area (Å²) in [6, 6.07) is 22.4. The topological polar surface area (TPSA) is 59.1 Å². The lowest BCUT2D eigenvalue weighted by atomic mass is 10.0. The molecule has 0 radical (unpaired) electrons. The van der Waals surface area contributed by atoms with Crippen LogP contribution in [0.3, 0.4) is 0 Å². The van der Waals surface area contributed by atoms with Crippen LogP contribution in [-0.2, 0) is 6.42 Å². The maximum atomic E-state index is 6.16. The van der Waals surface area contributed by atoms with Crippen LogP contribution in [0.4, 0.5) is 23.0 Å². The molecule has 3 heterocycles. The fraction of sp³-hybridized carbons (Fsp3) is 0.200. The number of fused-ring (bicyclic) bond motifs is 2. The van der Waals surface area contributed by atoms with Crippen LogP contribution in [0.25, 0.3) is 10.9 Å². The monoisotopic (exact) mass is 396 g/mol. The molecule has 5 nitrogen and oxygen atoms in total. The maximum Gasteiger partial charge on any atom is 0.146 e. The number of aryl methyl sites for hydroxylation is 1. The van der Waals surface area contributed by atoms with Crippen LogP contribution in [0.2, 0.25) is 0 Å². The molecule has 0 atom stereocenters. The number of ether oxygens (including phenoxy) is 1. The molecule has 0 amide bonds. The Hall–Kier alpha value is -3.60. The van der Waals surface area contributed by atoms with Crippen molar-refractivity contribution in [1.82, 2.24) is 9.97 Å². The SMILES string of the molecule is Cc1cccc(Nc2ccc3nc(Nc4cccc5c4OC(C)(C)C5)ccc3c2)n1. The Kier molecular flexibility index (Phi) is 4.31. The van der Waals surface area contributed by atoms with Gasteiger partial charge in [-0.2, -0.15) is 0 Å². The van der Waals surface area contributed by atoms with E-state index in [1.807, 2.05) is 49.4 Å². The summed E-state index contributed by atoms with van der Waals surface area (Å²) in [6.45, 7) is 6.21. The zero-order valence-electron chi connectivity index (χ0n) is 17.4. The molecule has 0 aliphatic carbocycles. The van der Waals surface area contributed by atoms with Crippen molar-refractivity contribution >= 4 is 33.9 Å². The van der Waals surface area contributed by atoms with E-state index in [1.54, 1.807) is 0 Å². The lowest BCUT2D eigenvalue weighted by Crippen LogP contribution is -2.24. The van der Waals surface area contributed by atoms with Gasteiger partial charge < -0.3 is 15.4 Å². The zero-order valence-corrected chi connectivity index (χ0v) is 17.4. The molecule has 1 aliphatic rings. The maximum absolute atomic E-state index is 6.16. The summed E-state index contributed by atoms with van der Waals surface area (Å²) in [4.78, 5) is 9.28. The summed E-state index contributed by atoms with van der Waals surface area (Å²) in [7, 11) is 0. The second-order valence-corrected chi connectivity index (χ2v) is 8.35. The van der Waals surface area contributed by atoms with E-state index < -0.39 is 0 Å². The summed E-state index contributed by atoms with van der Waals surface area (Å²) < 4.78 is 6.16. The van der Waals surface area contributed by atoms with Gasteiger partial charge in [0.2, 0.25) is 0 Å². The summed E-state index contributed by atoms with van der Waals surface area (Å²) in [6.07, 6.45) is 0.911. The Morgan fingerprint density at radius 2 is 1.70 bits per heavy atom. The Bertz CT molecular complexity index is 1250. The van der Waals surface area contributed by atoms with E-state index in [0.29, 0.717) is 0 Å². The highest BCUT2D eigenvalue weighted by Gasteiger charge is 2.31. The van der Waals surface area contributed by atoms with Crippen LogP contribution in [0.5, 0.6) is 5.75 Å². The van der Waals surface area contributed by atoms with E-state index in [0.717, 1.165) is 51.8 Å². The Labute approximate surface area is 176 Å². The Balaban J connectivity index is 1.40. The van der Waals surface area contributed by atoms with Crippen LogP contribution in [0, 0.1) is 6.92 Å². The minimum atomic E-state index is -0.174. The lowest BCUT2D eigenvalue weighted by Gasteiger charge is -2.18. The summed E-state index contributed by atoms with van der Waals surface area (Å²) >= 11 is 0. The van der Waals surface area contributed by atoms with Gasteiger partial charge in [-0.15, -0.1) is 0 Å². The Morgan fingerprint density at radius 3 is 2.57 bits per heavy atom. The molecular formula is C25H24N4O. The van der Waals surface area contributed by atoms with E-state index in [4.69, 9.17) is 9.72 Å². The third kappa shape index (κ3) is 3.66. The summed E-state index contributed by atoms with van der Waals surface area (Å²) in [5.74, 6) is 2.56. The third-order valence-corrected chi connectivity index (χ3v) is 5.20. The number of hydrogen-bond donors (Lipinski definition) is 2. The van der Waals surface area contributed by atoms with Gasteiger partial charge in [0, 0.05) is 28.8 Å². The molecule has 0 unspecified atom stereocenters. The van der Waals surface area contributed by atoms with Crippen molar-refractivity contribution in [2.45, 2.75) is 32.8 Å². The number of rotatable bonds is 4. The van der Waals surface area contributed by atoms with Crippen molar-refractivity contribution in [3.05, 3.63) is 78.0 Å². The molecule has 5 rings (SSSR count). The molecule has 150 valence electrons. The highest BCUT2D eigenvalue weighted by molar-refractivity contribution is 5.85. The first kappa shape index (κ1) is 18.4. The summed E-state index contributed by atoms with van der Waals surface area (Å²) in [5.41, 5.74) is 4.90. The molecule has 0 fully saturated rings. The van der Waals surface area contributed by atoms with Crippen molar-refractivity contribution in [1.29, 1.82) is 0 Å². The predicted octanol–water partition coefficient (Wildman–Crippen LogP) is 6.14. The number of benzene rings is 2. The highest BCUT2D eigenvalue weighted by Crippen LogP contribution is 2.41. The van der Waals surface area contributed by atoms with Gasteiger partial charge in [-0.1, -0.05) is 18.2 Å². The number of nitrogens with zero attached hydrogens (tertiary/aromatic N) is 2. The van der Waals surface area contributed by atoms with Crippen molar-refractivity contribution < 1.29 is 4.74 Å². The molecule has 2 aromatic heterocycles. The van der Waals surface area contributed by atoms with E-state index in [1.165, 1.54) is 5.56 Å². The van der Waals surface area contributed by atoms with E-state index >= 15 is 0 Å². The standard InChI is InChI=1S/C25H24N4O/c1-16-6-4-9-22(26-16)27-19-11-12-20-17(14-19)10-13-23(28-20)29-21-8-5-7-18-15-25(2,3)30-24(18)21/h4-14H,15H2,1-3H3,(H,26,27)(H,28,29). The van der Waals surface area contributed by atoms with Crippen LogP contribution in [0.15, 0.2) is 66.7 Å². The number of hydrogen-bond acceptors (Lipinski definition) is 5. The molecule has 1 aliphatic heterocycles. The zero-order chi connectivity index (χ0) is 20.7. The summed E-state index contributed by atoms with van der Waals surface area (Å²) in [5, 5.41) is 7.85. The van der Waals surface area contributed by atoms with Crippen molar-refractivity contribution in [2.24, 2.45) is 0 Å². The third-order valence-electron chi connectivity index (χ3n) is 5.20. The van der Waals surface area contributed by atoms with Crippen molar-refractivity contribution in [3.8, 4) is 5.75 Å². The lowest BCUT2D eigenvalue weighted by molar-refractivity contribution is 0.139. The minimum Gasteiger partial charge on any atom is -0.485 e. The normalized spacial score (nSPS) is 14.2. The molecular weight excluding hydrogens is 372 g/mol. The largest absolute Gasteiger partial charge is 0.485 e. The molecule has 30 heavy (non-hydrogen) atoms. The van der Waals surface area contributed by atoms with Gasteiger partial charge >= 0.3 is 0 Å². The number of pyridine rings is 2. The van der Waals surface area contributed by atoms with Crippen LogP contribution in [-0.4, -0.2) is 15.6 Å². The minimum absolute atomic E-state index is 0.174. The van der Waals surface area contributed by atoms with Crippen LogP contribution in [0.1, 0.15) is 25.1 Å². The number of nitrogens with one attached hydrogen (secondary N) is 2. The molecule has 5 heteroatoms. The van der Waals surface area contributed by atoms with Gasteiger partial charge in [-0.05, 0) is 69.3 Å². The fourth-order valence-corrected chi connectivity index (χ4v) is 3.89. The first-order valence-corrected chi connectivity index (χ1v) is 10.1. The fourth-order valence-electron chi connectivity index (χ4n) is 3.89. The van der Waals surface area contributed by atoms with Gasteiger partial charge in [0.1, 0.15) is 23.0 Å². The molecule has 0 bridgehead atoms. The Morgan fingerprint density at radius 1 is 0.867 bits per heavy atom. The molecule has 2 aromatic carbocycles. The highest BCUT2D eigenvalue weighted by atomic mass is 16.5. The van der Waals surface area contributed by atoms with Gasteiger partial charge in [-0.25, -0.2) is 9.97 Å². The van der Waals surface area contributed by atoms with E-state index in [9.17, 15) is 0 Å². The second-order valence-electron chi connectivity index (χ2n) is 8.35. The van der Waals surface area contributed by atoms with Gasteiger partial charge in [0.05, 0.1) is 11.2 Å². The first-order valence-electron chi connectivity index (χ1n) is 10.1.